The Morgan fingerprint density at radius 3 is 2.87 bits per heavy atom. The van der Waals surface area contributed by atoms with Crippen LogP contribution in [0.25, 0.3) is 0 Å². The van der Waals surface area contributed by atoms with E-state index in [0.717, 1.165) is 19.7 Å². The molecule has 0 radical (unpaired) electrons. The molecule has 2 saturated heterocycles. The highest BCUT2D eigenvalue weighted by Crippen LogP contribution is 2.62. The lowest BCUT2D eigenvalue weighted by atomic mass is 9.46. The monoisotopic (exact) mass is 434 g/mol. The second-order valence-corrected chi connectivity index (χ2v) is 7.60. The minimum absolute atomic E-state index is 0. The van der Waals surface area contributed by atoms with Gasteiger partial charge in [-0.3, -0.25) is 9.89 Å². The summed E-state index contributed by atoms with van der Waals surface area (Å²) in [5.41, 5.74) is 6.59. The van der Waals surface area contributed by atoms with E-state index < -0.39 is 0 Å². The molecule has 4 rings (SSSR count). The first-order valence-electron chi connectivity index (χ1n) is 9.17. The number of ether oxygens (including phenoxy) is 1. The summed E-state index contributed by atoms with van der Waals surface area (Å²) < 4.78 is 5.96. The van der Waals surface area contributed by atoms with Crippen LogP contribution in [-0.2, 0) is 4.74 Å². The number of hydrogen-bond donors (Lipinski definition) is 2. The van der Waals surface area contributed by atoms with Crippen LogP contribution in [0.15, 0.2) is 4.99 Å². The fraction of sp³-hybridized carbons (Fsp3) is 0.941. The van der Waals surface area contributed by atoms with Crippen molar-refractivity contribution in [1.29, 1.82) is 0 Å². The molecule has 23 heavy (non-hydrogen) atoms. The normalized spacial score (nSPS) is 38.6. The molecule has 4 unspecified atom stereocenters. The summed E-state index contributed by atoms with van der Waals surface area (Å²) >= 11 is 0. The largest absolute Gasteiger partial charge is 0.377 e. The smallest absolute Gasteiger partial charge is 0.188 e. The Hall–Kier alpha value is -0.0800. The van der Waals surface area contributed by atoms with E-state index in [1.165, 1.54) is 45.1 Å². The van der Waals surface area contributed by atoms with Crippen molar-refractivity contribution in [2.24, 2.45) is 22.1 Å². The number of rotatable bonds is 4. The van der Waals surface area contributed by atoms with Crippen molar-refractivity contribution in [3.05, 3.63) is 0 Å². The predicted octanol–water partition coefficient (Wildman–Crippen LogP) is 1.95. The zero-order valence-corrected chi connectivity index (χ0v) is 16.5. The second-order valence-electron chi connectivity index (χ2n) is 7.60. The number of hydrogen-bond acceptors (Lipinski definition) is 3. The zero-order valence-electron chi connectivity index (χ0n) is 14.2. The van der Waals surface area contributed by atoms with Crippen LogP contribution in [0.1, 0.15) is 45.4 Å². The molecule has 0 aromatic rings. The molecule has 6 heteroatoms. The molecule has 4 fully saturated rings. The lowest BCUT2D eigenvalue weighted by molar-refractivity contribution is -0.171. The van der Waals surface area contributed by atoms with E-state index in [9.17, 15) is 0 Å². The molecule has 1 spiro atoms. The number of likely N-dealkylation sites (N-methyl/N-ethyl adjacent to an activating group) is 1. The molecule has 2 aliphatic carbocycles. The van der Waals surface area contributed by atoms with Gasteiger partial charge in [-0.15, -0.1) is 24.0 Å². The molecule has 0 amide bonds. The zero-order chi connectivity index (χ0) is 15.2. The average molecular weight is 434 g/mol. The van der Waals surface area contributed by atoms with Crippen molar-refractivity contribution < 1.29 is 4.74 Å². The maximum atomic E-state index is 6.21. The van der Waals surface area contributed by atoms with Gasteiger partial charge in [0.25, 0.3) is 0 Å². The SMILES string of the molecule is CCN1CCCC1CN=C(N)NC1C2CCOC2C12CCC2.I. The first-order valence-corrected chi connectivity index (χ1v) is 9.17. The highest BCUT2D eigenvalue weighted by atomic mass is 127. The van der Waals surface area contributed by atoms with Gasteiger partial charge in [-0.05, 0) is 45.2 Å². The topological polar surface area (TPSA) is 62.9 Å². The van der Waals surface area contributed by atoms with Gasteiger partial charge in [-0.2, -0.15) is 0 Å². The van der Waals surface area contributed by atoms with E-state index in [2.05, 4.69) is 22.1 Å². The molecule has 5 nitrogen and oxygen atoms in total. The van der Waals surface area contributed by atoms with Gasteiger partial charge < -0.3 is 15.8 Å². The van der Waals surface area contributed by atoms with Crippen molar-refractivity contribution in [2.45, 2.75) is 63.6 Å². The summed E-state index contributed by atoms with van der Waals surface area (Å²) in [6.45, 7) is 6.35. The standard InChI is InChI=1S/C17H30N4O.HI/c1-2-21-9-3-5-12(21)11-19-16(18)20-14-13-6-10-22-15(13)17(14)7-4-8-17;/h12-15H,2-11H2,1H3,(H3,18,19,20);1H. The van der Waals surface area contributed by atoms with E-state index in [4.69, 9.17) is 10.5 Å². The number of likely N-dealkylation sites (tertiary alicyclic amines) is 1. The number of halogens is 1. The number of aliphatic imine (C=N–C) groups is 1. The fourth-order valence-electron chi connectivity index (χ4n) is 5.38. The summed E-state index contributed by atoms with van der Waals surface area (Å²) in [4.78, 5) is 7.19. The van der Waals surface area contributed by atoms with Crippen LogP contribution in [0, 0.1) is 11.3 Å². The molecule has 3 N–H and O–H groups in total. The van der Waals surface area contributed by atoms with E-state index in [-0.39, 0.29) is 24.0 Å². The van der Waals surface area contributed by atoms with E-state index in [1.807, 2.05) is 0 Å². The Morgan fingerprint density at radius 2 is 2.17 bits per heavy atom. The number of guanidine groups is 1. The number of nitrogens with two attached hydrogens (primary N) is 1. The van der Waals surface area contributed by atoms with Crippen LogP contribution < -0.4 is 11.1 Å². The molecule has 2 heterocycles. The lowest BCUT2D eigenvalue weighted by Gasteiger charge is -2.63. The summed E-state index contributed by atoms with van der Waals surface area (Å²) in [5, 5.41) is 3.57. The molecule has 0 bridgehead atoms. The van der Waals surface area contributed by atoms with Gasteiger partial charge in [-0.25, -0.2) is 0 Å². The molecule has 4 atom stereocenters. The van der Waals surface area contributed by atoms with Gasteiger partial charge >= 0.3 is 0 Å². The minimum Gasteiger partial charge on any atom is -0.377 e. The van der Waals surface area contributed by atoms with E-state index in [0.29, 0.717) is 35.5 Å². The molecule has 2 saturated carbocycles. The van der Waals surface area contributed by atoms with Crippen LogP contribution >= 0.6 is 24.0 Å². The Bertz CT molecular complexity index is 454. The van der Waals surface area contributed by atoms with Crippen LogP contribution in [0.4, 0.5) is 0 Å². The van der Waals surface area contributed by atoms with Gasteiger partial charge in [0.15, 0.2) is 5.96 Å². The highest BCUT2D eigenvalue weighted by Gasteiger charge is 2.66. The lowest BCUT2D eigenvalue weighted by Crippen LogP contribution is -2.72. The quantitative estimate of drug-likeness (QED) is 0.404. The van der Waals surface area contributed by atoms with Crippen molar-refractivity contribution in [1.82, 2.24) is 10.2 Å². The maximum Gasteiger partial charge on any atom is 0.188 e. The molecule has 4 aliphatic rings. The molecular formula is C17H31IN4O. The summed E-state index contributed by atoms with van der Waals surface area (Å²) in [6, 6.07) is 1.09. The third kappa shape index (κ3) is 2.88. The second kappa shape index (κ2) is 7.04. The Balaban J connectivity index is 0.00000156. The van der Waals surface area contributed by atoms with E-state index in [1.54, 1.807) is 0 Å². The van der Waals surface area contributed by atoms with Crippen molar-refractivity contribution in [2.75, 3.05) is 26.2 Å². The van der Waals surface area contributed by atoms with Crippen LogP contribution in [0.3, 0.4) is 0 Å². The molecular weight excluding hydrogens is 403 g/mol. The highest BCUT2D eigenvalue weighted by molar-refractivity contribution is 14.0. The van der Waals surface area contributed by atoms with Crippen LogP contribution in [-0.4, -0.2) is 55.3 Å². The van der Waals surface area contributed by atoms with Crippen molar-refractivity contribution in [3.63, 3.8) is 0 Å². The van der Waals surface area contributed by atoms with E-state index >= 15 is 0 Å². The van der Waals surface area contributed by atoms with Gasteiger partial charge in [0.1, 0.15) is 0 Å². The number of nitrogens with zero attached hydrogens (tertiary/aromatic N) is 2. The Labute approximate surface area is 156 Å². The number of fused-ring (bicyclic) bond motifs is 2. The van der Waals surface area contributed by atoms with Crippen LogP contribution in [0.2, 0.25) is 0 Å². The molecule has 0 aromatic carbocycles. The predicted molar refractivity (Wildman–Crippen MR) is 103 cm³/mol. The van der Waals surface area contributed by atoms with Gasteiger partial charge in [0, 0.05) is 30.0 Å². The maximum absolute atomic E-state index is 6.21. The summed E-state index contributed by atoms with van der Waals surface area (Å²) in [5.74, 6) is 1.32. The van der Waals surface area contributed by atoms with Crippen molar-refractivity contribution in [3.8, 4) is 0 Å². The molecule has 0 aromatic heterocycles. The molecule has 132 valence electrons. The minimum atomic E-state index is 0. The summed E-state index contributed by atoms with van der Waals surface area (Å²) in [6.07, 6.45) is 8.18. The van der Waals surface area contributed by atoms with Crippen molar-refractivity contribution >= 4 is 29.9 Å². The molecule has 2 aliphatic heterocycles. The fourth-order valence-corrected chi connectivity index (χ4v) is 5.38. The van der Waals surface area contributed by atoms with Gasteiger partial charge in [-0.1, -0.05) is 13.3 Å². The van der Waals surface area contributed by atoms with Crippen LogP contribution in [0.5, 0.6) is 0 Å². The third-order valence-corrected chi connectivity index (χ3v) is 6.72. The van der Waals surface area contributed by atoms with Gasteiger partial charge in [0.2, 0.25) is 0 Å². The average Bonchev–Trinajstić information content (AvgIpc) is 3.08. The Kier molecular flexibility index (Phi) is 5.43. The summed E-state index contributed by atoms with van der Waals surface area (Å²) in [7, 11) is 0. The first kappa shape index (κ1) is 17.7. The third-order valence-electron chi connectivity index (χ3n) is 6.72. The van der Waals surface area contributed by atoms with Gasteiger partial charge in [0.05, 0.1) is 12.6 Å². The first-order chi connectivity index (χ1) is 10.7. The Morgan fingerprint density at radius 1 is 1.35 bits per heavy atom. The number of nitrogens with one attached hydrogen (secondary N) is 1.